The van der Waals surface area contributed by atoms with Crippen molar-refractivity contribution in [1.29, 1.82) is 0 Å². The normalized spacial score (nSPS) is 18.1. The van der Waals surface area contributed by atoms with Gasteiger partial charge in [0, 0.05) is 28.0 Å². The highest BCUT2D eigenvalue weighted by Crippen LogP contribution is 2.56. The Kier molecular flexibility index (Phi) is 4.45. The highest BCUT2D eigenvalue weighted by atomic mass is 35.5. The second-order valence-electron chi connectivity index (χ2n) is 8.04. The van der Waals surface area contributed by atoms with Crippen LogP contribution >= 0.6 is 11.6 Å². The summed E-state index contributed by atoms with van der Waals surface area (Å²) in [7, 11) is 0. The predicted molar refractivity (Wildman–Crippen MR) is 127 cm³/mol. The van der Waals surface area contributed by atoms with Crippen molar-refractivity contribution in [3.8, 4) is 23.0 Å². The largest absolute Gasteiger partial charge is 0.478 e. The summed E-state index contributed by atoms with van der Waals surface area (Å²) >= 11 is 6.33. The van der Waals surface area contributed by atoms with E-state index in [0.29, 0.717) is 33.3 Å². The monoisotopic (exact) mass is 485 g/mol. The van der Waals surface area contributed by atoms with Crippen molar-refractivity contribution in [2.75, 3.05) is 5.32 Å². The lowest BCUT2D eigenvalue weighted by atomic mass is 9.68. The molecule has 172 valence electrons. The first-order valence-corrected chi connectivity index (χ1v) is 10.9. The number of amides is 1. The molecule has 35 heavy (non-hydrogen) atoms. The zero-order valence-electron chi connectivity index (χ0n) is 17.9. The molecule has 10 heteroatoms. The first-order valence-electron chi connectivity index (χ1n) is 10.6. The lowest BCUT2D eigenvalue weighted by molar-refractivity contribution is -0.135. The standard InChI is InChI=1S/C25H16ClN5O4/c26-14-9-10-16-15(12-14)25(24(34)29-16)18-20(13-6-2-1-3-7-13)30-31(17-8-4-5-11-28-17)22(18)35-21(27)19(25)23(32)33/h1-12H,27H2,(H,29,34)(H,32,33). The Morgan fingerprint density at radius 2 is 1.89 bits per heavy atom. The molecular formula is C25H16ClN5O4. The Hall–Kier alpha value is -4.63. The number of carbonyl (C=O) groups is 2. The molecule has 1 spiro atoms. The van der Waals surface area contributed by atoms with Gasteiger partial charge in [-0.3, -0.25) is 4.79 Å². The van der Waals surface area contributed by atoms with Crippen molar-refractivity contribution >= 4 is 29.2 Å². The minimum absolute atomic E-state index is 0.0908. The maximum absolute atomic E-state index is 13.9. The van der Waals surface area contributed by atoms with E-state index >= 15 is 0 Å². The summed E-state index contributed by atoms with van der Waals surface area (Å²) in [6.45, 7) is 0. The number of carbonyl (C=O) groups excluding carboxylic acids is 1. The maximum atomic E-state index is 13.9. The molecule has 2 aromatic heterocycles. The number of rotatable bonds is 3. The Bertz CT molecular complexity index is 1570. The van der Waals surface area contributed by atoms with Crippen LogP contribution in [0.5, 0.6) is 5.88 Å². The van der Waals surface area contributed by atoms with Crippen molar-refractivity contribution in [1.82, 2.24) is 14.8 Å². The van der Waals surface area contributed by atoms with Crippen molar-refractivity contribution in [3.63, 3.8) is 0 Å². The van der Waals surface area contributed by atoms with Crippen LogP contribution in [-0.4, -0.2) is 31.7 Å². The minimum atomic E-state index is -1.87. The van der Waals surface area contributed by atoms with Gasteiger partial charge in [0.15, 0.2) is 5.82 Å². The summed E-state index contributed by atoms with van der Waals surface area (Å²) < 4.78 is 7.32. The van der Waals surface area contributed by atoms with E-state index in [-0.39, 0.29) is 11.4 Å². The maximum Gasteiger partial charge on any atom is 0.338 e. The van der Waals surface area contributed by atoms with E-state index in [1.807, 2.05) is 30.3 Å². The molecule has 6 rings (SSSR count). The minimum Gasteiger partial charge on any atom is -0.478 e. The first-order chi connectivity index (χ1) is 16.9. The van der Waals surface area contributed by atoms with Gasteiger partial charge in [0.05, 0.1) is 5.56 Å². The average molecular weight is 486 g/mol. The molecule has 0 radical (unpaired) electrons. The number of ether oxygens (including phenoxy) is 1. The van der Waals surface area contributed by atoms with Crippen LogP contribution in [0.25, 0.3) is 17.1 Å². The molecule has 1 amide bonds. The van der Waals surface area contributed by atoms with Crippen LogP contribution in [-0.2, 0) is 15.0 Å². The molecule has 0 saturated heterocycles. The summed E-state index contributed by atoms with van der Waals surface area (Å²) in [6.07, 6.45) is 1.59. The van der Waals surface area contributed by atoms with E-state index in [2.05, 4.69) is 10.3 Å². The SMILES string of the molecule is NC1=C(C(=O)O)C2(C(=O)Nc3ccc(Cl)cc32)c2c(-c3ccccc3)nn(-c3ccccn3)c2O1. The summed E-state index contributed by atoms with van der Waals surface area (Å²) in [5.74, 6) is -1.94. The molecule has 0 aliphatic carbocycles. The van der Waals surface area contributed by atoms with E-state index in [9.17, 15) is 14.7 Å². The number of nitrogens with two attached hydrogens (primary N) is 1. The van der Waals surface area contributed by atoms with Crippen molar-refractivity contribution in [2.24, 2.45) is 5.73 Å². The van der Waals surface area contributed by atoms with Gasteiger partial charge in [-0.1, -0.05) is 48.0 Å². The van der Waals surface area contributed by atoms with Gasteiger partial charge in [-0.05, 0) is 30.3 Å². The number of pyridine rings is 1. The number of hydrogen-bond donors (Lipinski definition) is 3. The molecular weight excluding hydrogens is 470 g/mol. The van der Waals surface area contributed by atoms with Crippen molar-refractivity contribution in [2.45, 2.75) is 5.41 Å². The van der Waals surface area contributed by atoms with Crippen LogP contribution in [0.2, 0.25) is 5.02 Å². The highest BCUT2D eigenvalue weighted by molar-refractivity contribution is 6.31. The van der Waals surface area contributed by atoms with Crippen LogP contribution in [0.4, 0.5) is 5.69 Å². The molecule has 0 bridgehead atoms. The van der Waals surface area contributed by atoms with Crippen LogP contribution in [0.3, 0.4) is 0 Å². The summed E-state index contributed by atoms with van der Waals surface area (Å²) in [4.78, 5) is 30.8. The fraction of sp³-hybridized carbons (Fsp3) is 0.0400. The van der Waals surface area contributed by atoms with Gasteiger partial charge in [0.2, 0.25) is 17.7 Å². The third-order valence-corrected chi connectivity index (χ3v) is 6.38. The number of fused-ring (bicyclic) bond motifs is 4. The van der Waals surface area contributed by atoms with Gasteiger partial charge >= 0.3 is 5.97 Å². The van der Waals surface area contributed by atoms with Crippen LogP contribution in [0.15, 0.2) is 84.4 Å². The van der Waals surface area contributed by atoms with Gasteiger partial charge < -0.3 is 20.9 Å². The van der Waals surface area contributed by atoms with Crippen LogP contribution in [0, 0.1) is 0 Å². The number of aliphatic carboxylic acids is 1. The molecule has 2 aromatic carbocycles. The fourth-order valence-corrected chi connectivity index (χ4v) is 4.94. The molecule has 4 heterocycles. The number of hydrogen-bond acceptors (Lipinski definition) is 6. The van der Waals surface area contributed by atoms with Crippen LogP contribution in [0.1, 0.15) is 11.1 Å². The lowest BCUT2D eigenvalue weighted by Crippen LogP contribution is -2.45. The quantitative estimate of drug-likeness (QED) is 0.404. The van der Waals surface area contributed by atoms with Crippen molar-refractivity contribution in [3.05, 3.63) is 101 Å². The van der Waals surface area contributed by atoms with Gasteiger partial charge in [0.1, 0.15) is 16.7 Å². The van der Waals surface area contributed by atoms with Gasteiger partial charge in [-0.15, -0.1) is 0 Å². The molecule has 4 N–H and O–H groups in total. The van der Waals surface area contributed by atoms with Crippen LogP contribution < -0.4 is 15.8 Å². The van der Waals surface area contributed by atoms with Gasteiger partial charge in [0.25, 0.3) is 0 Å². The van der Waals surface area contributed by atoms with E-state index in [1.165, 1.54) is 4.68 Å². The first kappa shape index (κ1) is 20.9. The number of nitrogens with one attached hydrogen (secondary N) is 1. The zero-order valence-corrected chi connectivity index (χ0v) is 18.7. The Labute approximate surface area is 203 Å². The zero-order chi connectivity index (χ0) is 24.3. The smallest absolute Gasteiger partial charge is 0.338 e. The second kappa shape index (κ2) is 7.44. The number of aromatic nitrogens is 3. The predicted octanol–water partition coefficient (Wildman–Crippen LogP) is 3.47. The molecule has 1 unspecified atom stereocenters. The van der Waals surface area contributed by atoms with E-state index < -0.39 is 28.7 Å². The number of benzene rings is 2. The Morgan fingerprint density at radius 3 is 2.60 bits per heavy atom. The van der Waals surface area contributed by atoms with Gasteiger partial charge in [-0.25, -0.2) is 9.78 Å². The summed E-state index contributed by atoms with van der Waals surface area (Å²) in [5, 5.41) is 18.2. The number of carboxylic acid groups (broad SMARTS) is 1. The second-order valence-corrected chi connectivity index (χ2v) is 8.47. The van der Waals surface area contributed by atoms with E-state index in [0.717, 1.165) is 0 Å². The van der Waals surface area contributed by atoms with E-state index in [1.54, 1.807) is 42.6 Å². The summed E-state index contributed by atoms with van der Waals surface area (Å²) in [6, 6.07) is 19.1. The molecule has 0 fully saturated rings. The third-order valence-electron chi connectivity index (χ3n) is 6.15. The molecule has 2 aliphatic rings. The molecule has 4 aromatic rings. The highest BCUT2D eigenvalue weighted by Gasteiger charge is 2.61. The average Bonchev–Trinajstić information content (AvgIpc) is 3.36. The lowest BCUT2D eigenvalue weighted by Gasteiger charge is -2.33. The third kappa shape index (κ3) is 2.82. The Morgan fingerprint density at radius 1 is 1.11 bits per heavy atom. The Balaban J connectivity index is 1.80. The van der Waals surface area contributed by atoms with Crippen molar-refractivity contribution < 1.29 is 19.4 Å². The number of nitrogens with zero attached hydrogens (tertiary/aromatic N) is 3. The number of halogens is 1. The molecule has 1 atom stereocenters. The number of carboxylic acids is 1. The van der Waals surface area contributed by atoms with Gasteiger partial charge in [-0.2, -0.15) is 9.78 Å². The fourth-order valence-electron chi connectivity index (χ4n) is 4.77. The molecule has 9 nitrogen and oxygen atoms in total. The molecule has 2 aliphatic heterocycles. The topological polar surface area (TPSA) is 132 Å². The van der Waals surface area contributed by atoms with E-state index in [4.69, 9.17) is 27.2 Å². The summed E-state index contributed by atoms with van der Waals surface area (Å²) in [5.41, 5.74) is 5.91. The molecule has 0 saturated carbocycles. The number of anilines is 1.